The van der Waals surface area contributed by atoms with Gasteiger partial charge in [-0.2, -0.15) is 0 Å². The van der Waals surface area contributed by atoms with Crippen molar-refractivity contribution in [2.75, 3.05) is 0 Å². The molecule has 18 heavy (non-hydrogen) atoms. The summed E-state index contributed by atoms with van der Waals surface area (Å²) in [7, 11) is 0. The molecule has 1 heterocycles. The third-order valence-electron chi connectivity index (χ3n) is 2.89. The van der Waals surface area contributed by atoms with E-state index in [1.54, 1.807) is 6.33 Å². The fourth-order valence-corrected chi connectivity index (χ4v) is 1.89. The minimum Gasteiger partial charge on any atom is -0.481 e. The van der Waals surface area contributed by atoms with Crippen molar-refractivity contribution < 1.29 is 9.90 Å². The predicted octanol–water partition coefficient (Wildman–Crippen LogP) is 2.51. The van der Waals surface area contributed by atoms with E-state index in [0.717, 1.165) is 22.5 Å². The Labute approximate surface area is 106 Å². The van der Waals surface area contributed by atoms with Crippen molar-refractivity contribution in [3.63, 3.8) is 0 Å². The molecule has 0 saturated carbocycles. The molecule has 94 valence electrons. The van der Waals surface area contributed by atoms with Crippen LogP contribution < -0.4 is 0 Å². The van der Waals surface area contributed by atoms with Gasteiger partial charge >= 0.3 is 5.97 Å². The van der Waals surface area contributed by atoms with E-state index in [1.165, 1.54) is 0 Å². The van der Waals surface area contributed by atoms with Gasteiger partial charge in [0, 0.05) is 18.3 Å². The topological polar surface area (TPSA) is 55.1 Å². The third-order valence-corrected chi connectivity index (χ3v) is 2.89. The van der Waals surface area contributed by atoms with Gasteiger partial charge in [0.05, 0.1) is 12.0 Å². The second-order valence-electron chi connectivity index (χ2n) is 4.44. The third kappa shape index (κ3) is 2.77. The standard InChI is InChI=1S/C14H16N2O2/c1-10-3-4-12(5-6-14(17)18)7-13(10)16-8-11(2)15-9-16/h3-4,7-9H,5-6H2,1-2H3,(H,17,18). The molecule has 0 unspecified atom stereocenters. The van der Waals surface area contributed by atoms with E-state index in [1.807, 2.05) is 42.8 Å². The Kier molecular flexibility index (Phi) is 3.46. The van der Waals surface area contributed by atoms with Crippen molar-refractivity contribution in [2.24, 2.45) is 0 Å². The van der Waals surface area contributed by atoms with Crippen molar-refractivity contribution in [3.05, 3.63) is 47.5 Å². The maximum absolute atomic E-state index is 10.6. The number of carboxylic acids is 1. The highest BCUT2D eigenvalue weighted by atomic mass is 16.4. The first kappa shape index (κ1) is 12.4. The van der Waals surface area contributed by atoms with Gasteiger partial charge in [-0.05, 0) is 37.5 Å². The summed E-state index contributed by atoms with van der Waals surface area (Å²) in [6.07, 6.45) is 4.45. The Bertz CT molecular complexity index is 573. The zero-order valence-corrected chi connectivity index (χ0v) is 10.6. The molecule has 1 aromatic carbocycles. The number of aromatic nitrogens is 2. The van der Waals surface area contributed by atoms with Gasteiger partial charge in [-0.3, -0.25) is 4.79 Å². The minimum atomic E-state index is -0.768. The molecule has 0 atom stereocenters. The Hall–Kier alpha value is -2.10. The van der Waals surface area contributed by atoms with Crippen LogP contribution in [-0.4, -0.2) is 20.6 Å². The second kappa shape index (κ2) is 5.04. The lowest BCUT2D eigenvalue weighted by Crippen LogP contribution is -2.00. The molecule has 0 radical (unpaired) electrons. The van der Waals surface area contributed by atoms with Gasteiger partial charge in [-0.25, -0.2) is 4.98 Å². The molecule has 1 aromatic heterocycles. The molecular formula is C14H16N2O2. The quantitative estimate of drug-likeness (QED) is 0.899. The number of aryl methyl sites for hydroxylation is 3. The zero-order valence-electron chi connectivity index (χ0n) is 10.6. The van der Waals surface area contributed by atoms with Crippen LogP contribution in [0.15, 0.2) is 30.7 Å². The molecular weight excluding hydrogens is 228 g/mol. The van der Waals surface area contributed by atoms with Crippen LogP contribution >= 0.6 is 0 Å². The molecule has 0 aliphatic carbocycles. The molecule has 0 amide bonds. The van der Waals surface area contributed by atoms with E-state index < -0.39 is 5.97 Å². The first-order chi connectivity index (χ1) is 8.56. The summed E-state index contributed by atoms with van der Waals surface area (Å²) in [5.74, 6) is -0.768. The van der Waals surface area contributed by atoms with Crippen molar-refractivity contribution in [1.29, 1.82) is 0 Å². The molecule has 0 spiro atoms. The molecule has 0 bridgehead atoms. The van der Waals surface area contributed by atoms with Crippen molar-refractivity contribution in [3.8, 4) is 5.69 Å². The van der Waals surface area contributed by atoms with Crippen molar-refractivity contribution in [2.45, 2.75) is 26.7 Å². The zero-order chi connectivity index (χ0) is 13.1. The lowest BCUT2D eigenvalue weighted by molar-refractivity contribution is -0.136. The maximum atomic E-state index is 10.6. The normalized spacial score (nSPS) is 10.6. The molecule has 0 aliphatic rings. The van der Waals surface area contributed by atoms with E-state index in [9.17, 15) is 4.79 Å². The number of aliphatic carboxylic acids is 1. The van der Waals surface area contributed by atoms with E-state index >= 15 is 0 Å². The summed E-state index contributed by atoms with van der Waals surface area (Å²) in [6.45, 7) is 3.98. The van der Waals surface area contributed by atoms with Crippen LogP contribution in [0.5, 0.6) is 0 Å². The van der Waals surface area contributed by atoms with Gasteiger partial charge in [0.1, 0.15) is 0 Å². The smallest absolute Gasteiger partial charge is 0.303 e. The molecule has 4 nitrogen and oxygen atoms in total. The number of nitrogens with zero attached hydrogens (tertiary/aromatic N) is 2. The molecule has 0 aliphatic heterocycles. The number of carboxylic acid groups (broad SMARTS) is 1. The Balaban J connectivity index is 2.29. The first-order valence-corrected chi connectivity index (χ1v) is 5.88. The highest BCUT2D eigenvalue weighted by Crippen LogP contribution is 2.17. The number of imidazole rings is 1. The molecule has 4 heteroatoms. The van der Waals surface area contributed by atoms with Gasteiger partial charge in [-0.1, -0.05) is 12.1 Å². The Morgan fingerprint density at radius 3 is 2.78 bits per heavy atom. The van der Waals surface area contributed by atoms with E-state index in [2.05, 4.69) is 4.98 Å². The molecule has 0 saturated heterocycles. The summed E-state index contributed by atoms with van der Waals surface area (Å²) < 4.78 is 1.97. The molecule has 2 aromatic rings. The maximum Gasteiger partial charge on any atom is 0.303 e. The van der Waals surface area contributed by atoms with E-state index in [-0.39, 0.29) is 6.42 Å². The van der Waals surface area contributed by atoms with Crippen LogP contribution in [0.3, 0.4) is 0 Å². The lowest BCUT2D eigenvalue weighted by Gasteiger charge is -2.09. The van der Waals surface area contributed by atoms with Gasteiger partial charge in [0.15, 0.2) is 0 Å². The van der Waals surface area contributed by atoms with Crippen LogP contribution in [0.1, 0.15) is 23.2 Å². The summed E-state index contributed by atoms with van der Waals surface area (Å²) >= 11 is 0. The van der Waals surface area contributed by atoms with Crippen molar-refractivity contribution in [1.82, 2.24) is 9.55 Å². The number of carbonyl (C=O) groups is 1. The summed E-state index contributed by atoms with van der Waals surface area (Å²) in [6, 6.07) is 6.02. The summed E-state index contributed by atoms with van der Waals surface area (Å²) in [5.41, 5.74) is 4.19. The van der Waals surface area contributed by atoms with E-state index in [0.29, 0.717) is 6.42 Å². The molecule has 2 rings (SSSR count). The molecule has 0 fully saturated rings. The number of benzene rings is 1. The summed E-state index contributed by atoms with van der Waals surface area (Å²) in [5, 5.41) is 8.70. The van der Waals surface area contributed by atoms with Gasteiger partial charge in [0.2, 0.25) is 0 Å². The van der Waals surface area contributed by atoms with Gasteiger partial charge in [0.25, 0.3) is 0 Å². The SMILES string of the molecule is Cc1cn(-c2cc(CCC(=O)O)ccc2C)cn1. The predicted molar refractivity (Wildman–Crippen MR) is 69.0 cm³/mol. The van der Waals surface area contributed by atoms with Crippen LogP contribution in [-0.2, 0) is 11.2 Å². The monoisotopic (exact) mass is 244 g/mol. The minimum absolute atomic E-state index is 0.158. The Morgan fingerprint density at radius 2 is 2.17 bits per heavy atom. The highest BCUT2D eigenvalue weighted by molar-refractivity contribution is 5.67. The van der Waals surface area contributed by atoms with Crippen LogP contribution in [0.2, 0.25) is 0 Å². The first-order valence-electron chi connectivity index (χ1n) is 5.88. The van der Waals surface area contributed by atoms with Crippen LogP contribution in [0, 0.1) is 13.8 Å². The lowest BCUT2D eigenvalue weighted by atomic mass is 10.1. The summed E-state index contributed by atoms with van der Waals surface area (Å²) in [4.78, 5) is 14.8. The van der Waals surface area contributed by atoms with Gasteiger partial charge < -0.3 is 9.67 Å². The van der Waals surface area contributed by atoms with Gasteiger partial charge in [-0.15, -0.1) is 0 Å². The van der Waals surface area contributed by atoms with Crippen molar-refractivity contribution >= 4 is 5.97 Å². The average Bonchev–Trinajstić information content (AvgIpc) is 2.74. The fraction of sp³-hybridized carbons (Fsp3) is 0.286. The number of hydrogen-bond acceptors (Lipinski definition) is 2. The highest BCUT2D eigenvalue weighted by Gasteiger charge is 2.05. The van der Waals surface area contributed by atoms with Crippen LogP contribution in [0.25, 0.3) is 5.69 Å². The average molecular weight is 244 g/mol. The fourth-order valence-electron chi connectivity index (χ4n) is 1.89. The second-order valence-corrected chi connectivity index (χ2v) is 4.44. The van der Waals surface area contributed by atoms with Crippen LogP contribution in [0.4, 0.5) is 0 Å². The van der Waals surface area contributed by atoms with E-state index in [4.69, 9.17) is 5.11 Å². The number of rotatable bonds is 4. The largest absolute Gasteiger partial charge is 0.481 e. The number of hydrogen-bond donors (Lipinski definition) is 1. The Morgan fingerprint density at radius 1 is 1.39 bits per heavy atom. The molecule has 1 N–H and O–H groups in total.